The molecule has 0 fully saturated rings. The largest absolute Gasteiger partial charge is 0.445 e. The molecule has 0 saturated carbocycles. The first-order valence-electron chi connectivity index (χ1n) is 7.65. The molecule has 0 atom stereocenters. The number of imidazole rings is 1. The van der Waals surface area contributed by atoms with Gasteiger partial charge in [-0.05, 0) is 17.0 Å². The molecule has 1 aliphatic heterocycles. The first-order valence-corrected chi connectivity index (χ1v) is 7.65. The van der Waals surface area contributed by atoms with Crippen LogP contribution >= 0.6 is 0 Å². The summed E-state index contributed by atoms with van der Waals surface area (Å²) in [5.41, 5.74) is 4.35. The lowest BCUT2D eigenvalue weighted by atomic mass is 10.0. The van der Waals surface area contributed by atoms with Gasteiger partial charge in [-0.2, -0.15) is 0 Å². The zero-order valence-corrected chi connectivity index (χ0v) is 13.0. The molecular weight excluding hydrogens is 278 g/mol. The molecule has 2 aromatic rings. The molecule has 3 rings (SSSR count). The number of ether oxygens (including phenoxy) is 1. The van der Waals surface area contributed by atoms with Crippen molar-refractivity contribution in [1.82, 2.24) is 14.9 Å². The molecule has 0 unspecified atom stereocenters. The summed E-state index contributed by atoms with van der Waals surface area (Å²) in [5.74, 6) is 0.508. The van der Waals surface area contributed by atoms with Crippen molar-refractivity contribution in [2.24, 2.45) is 0 Å². The summed E-state index contributed by atoms with van der Waals surface area (Å²) >= 11 is 0. The second-order valence-electron chi connectivity index (χ2n) is 5.95. The van der Waals surface area contributed by atoms with E-state index in [1.54, 1.807) is 11.2 Å². The number of nitrogens with one attached hydrogen (secondary N) is 1. The monoisotopic (exact) mass is 299 g/mol. The smallest absolute Gasteiger partial charge is 0.410 e. The van der Waals surface area contributed by atoms with E-state index in [4.69, 9.17) is 4.74 Å². The fourth-order valence-corrected chi connectivity index (χ4v) is 2.60. The topological polar surface area (TPSA) is 58.2 Å². The van der Waals surface area contributed by atoms with Gasteiger partial charge in [-0.15, -0.1) is 0 Å². The predicted octanol–water partition coefficient (Wildman–Crippen LogP) is 3.23. The van der Waals surface area contributed by atoms with Crippen molar-refractivity contribution in [2.75, 3.05) is 6.54 Å². The average Bonchev–Trinajstić information content (AvgIpc) is 3.00. The highest BCUT2D eigenvalue weighted by atomic mass is 16.6. The van der Waals surface area contributed by atoms with Crippen molar-refractivity contribution in [3.8, 4) is 0 Å². The van der Waals surface area contributed by atoms with E-state index in [0.717, 1.165) is 23.4 Å². The summed E-state index contributed by atoms with van der Waals surface area (Å²) in [7, 11) is 0. The Kier molecular flexibility index (Phi) is 4.13. The quantitative estimate of drug-likeness (QED) is 0.946. The zero-order chi connectivity index (χ0) is 15.5. The Morgan fingerprint density at radius 1 is 1.36 bits per heavy atom. The Labute approximate surface area is 130 Å². The van der Waals surface area contributed by atoms with Crippen molar-refractivity contribution in [3.05, 3.63) is 53.1 Å². The minimum atomic E-state index is -0.270. The maximum atomic E-state index is 12.1. The molecule has 0 bridgehead atoms. The fourth-order valence-electron chi connectivity index (χ4n) is 2.60. The molecule has 5 nitrogen and oxygen atoms in total. The van der Waals surface area contributed by atoms with E-state index < -0.39 is 0 Å². The van der Waals surface area contributed by atoms with E-state index in [9.17, 15) is 4.79 Å². The van der Waals surface area contributed by atoms with Crippen molar-refractivity contribution >= 4 is 6.09 Å². The Hall–Kier alpha value is -2.30. The van der Waals surface area contributed by atoms with Crippen LogP contribution in [-0.2, 0) is 24.3 Å². The highest BCUT2D eigenvalue weighted by Gasteiger charge is 2.23. The number of hydrogen-bond acceptors (Lipinski definition) is 3. The molecule has 1 N–H and O–H groups in total. The molecule has 1 aliphatic rings. The van der Waals surface area contributed by atoms with Crippen LogP contribution in [0, 0.1) is 0 Å². The molecule has 5 heteroatoms. The second-order valence-corrected chi connectivity index (χ2v) is 5.95. The third-order valence-electron chi connectivity index (χ3n) is 4.04. The predicted molar refractivity (Wildman–Crippen MR) is 83.4 cm³/mol. The summed E-state index contributed by atoms with van der Waals surface area (Å²) in [6.45, 7) is 5.83. The molecule has 22 heavy (non-hydrogen) atoms. The van der Waals surface area contributed by atoms with Gasteiger partial charge in [0.25, 0.3) is 0 Å². The highest BCUT2D eigenvalue weighted by Crippen LogP contribution is 2.17. The van der Waals surface area contributed by atoms with Gasteiger partial charge in [0.2, 0.25) is 0 Å². The maximum absolute atomic E-state index is 12.1. The van der Waals surface area contributed by atoms with Gasteiger partial charge >= 0.3 is 6.09 Å². The van der Waals surface area contributed by atoms with Crippen molar-refractivity contribution in [3.63, 3.8) is 0 Å². The summed E-state index contributed by atoms with van der Waals surface area (Å²) in [6.07, 6.45) is 2.18. The van der Waals surface area contributed by atoms with Crippen LogP contribution < -0.4 is 0 Å². The first kappa shape index (κ1) is 14.6. The Morgan fingerprint density at radius 2 is 2.14 bits per heavy atom. The van der Waals surface area contributed by atoms with Gasteiger partial charge in [-0.1, -0.05) is 38.1 Å². The number of aromatic nitrogens is 2. The van der Waals surface area contributed by atoms with Crippen LogP contribution in [0.1, 0.15) is 42.3 Å². The normalized spacial score (nSPS) is 14.0. The third-order valence-corrected chi connectivity index (χ3v) is 4.04. The SMILES string of the molecule is CC(C)c1ccc(COC(=O)N2CCc3nc[nH]c3C2)cc1. The standard InChI is InChI=1S/C17H21N3O2/c1-12(2)14-5-3-13(4-6-14)10-22-17(21)20-8-7-15-16(9-20)19-11-18-15/h3-6,11-12H,7-10H2,1-2H3,(H,18,19). The van der Waals surface area contributed by atoms with Gasteiger partial charge in [-0.25, -0.2) is 9.78 Å². The Balaban J connectivity index is 1.54. The van der Waals surface area contributed by atoms with Gasteiger partial charge in [0.05, 0.1) is 24.3 Å². The van der Waals surface area contributed by atoms with Crippen molar-refractivity contribution in [1.29, 1.82) is 0 Å². The lowest BCUT2D eigenvalue weighted by molar-refractivity contribution is 0.0912. The lowest BCUT2D eigenvalue weighted by Crippen LogP contribution is -2.36. The number of carbonyl (C=O) groups excluding carboxylic acids is 1. The van der Waals surface area contributed by atoms with Gasteiger partial charge in [0, 0.05) is 13.0 Å². The number of H-pyrrole nitrogens is 1. The maximum Gasteiger partial charge on any atom is 0.410 e. The number of nitrogens with zero attached hydrogens (tertiary/aromatic N) is 2. The third kappa shape index (κ3) is 3.13. The minimum absolute atomic E-state index is 0.270. The van der Waals surface area contributed by atoms with Crippen LogP contribution in [0.15, 0.2) is 30.6 Å². The summed E-state index contributed by atoms with van der Waals surface area (Å²) in [4.78, 5) is 21.2. The lowest BCUT2D eigenvalue weighted by Gasteiger charge is -2.25. The van der Waals surface area contributed by atoms with E-state index in [1.165, 1.54) is 5.56 Å². The van der Waals surface area contributed by atoms with Gasteiger partial charge in [0.1, 0.15) is 6.61 Å². The van der Waals surface area contributed by atoms with Crippen molar-refractivity contribution in [2.45, 2.75) is 39.3 Å². The molecule has 1 aromatic carbocycles. The van der Waals surface area contributed by atoms with E-state index in [-0.39, 0.29) is 6.09 Å². The molecule has 0 aliphatic carbocycles. The number of fused-ring (bicyclic) bond motifs is 1. The van der Waals surface area contributed by atoms with E-state index in [2.05, 4.69) is 35.9 Å². The van der Waals surface area contributed by atoms with Gasteiger partial charge in [-0.3, -0.25) is 0 Å². The molecule has 1 aromatic heterocycles. The summed E-state index contributed by atoms with van der Waals surface area (Å²) < 4.78 is 5.41. The zero-order valence-electron chi connectivity index (χ0n) is 13.0. The summed E-state index contributed by atoms with van der Waals surface area (Å²) in [6, 6.07) is 8.22. The number of benzene rings is 1. The van der Waals surface area contributed by atoms with Crippen LogP contribution in [0.5, 0.6) is 0 Å². The first-order chi connectivity index (χ1) is 10.6. The Bertz CT molecular complexity index is 646. The molecular formula is C17H21N3O2. The molecule has 0 radical (unpaired) electrons. The van der Waals surface area contributed by atoms with E-state index >= 15 is 0 Å². The van der Waals surface area contributed by atoms with Crippen LogP contribution in [0.2, 0.25) is 0 Å². The number of hydrogen-bond donors (Lipinski definition) is 1. The van der Waals surface area contributed by atoms with Crippen LogP contribution in [0.4, 0.5) is 4.79 Å². The second kappa shape index (κ2) is 6.22. The van der Waals surface area contributed by atoms with Crippen LogP contribution in [0.3, 0.4) is 0 Å². The molecule has 0 spiro atoms. The summed E-state index contributed by atoms with van der Waals surface area (Å²) in [5, 5.41) is 0. The molecule has 1 amide bonds. The van der Waals surface area contributed by atoms with E-state index in [1.807, 2.05) is 12.1 Å². The molecule has 116 valence electrons. The van der Waals surface area contributed by atoms with Crippen LogP contribution in [0.25, 0.3) is 0 Å². The fraction of sp³-hybridized carbons (Fsp3) is 0.412. The Morgan fingerprint density at radius 3 is 2.86 bits per heavy atom. The number of rotatable bonds is 3. The number of amides is 1. The van der Waals surface area contributed by atoms with E-state index in [0.29, 0.717) is 25.6 Å². The number of aromatic amines is 1. The highest BCUT2D eigenvalue weighted by molar-refractivity contribution is 5.68. The molecule has 0 saturated heterocycles. The van der Waals surface area contributed by atoms with Crippen LogP contribution in [-0.4, -0.2) is 27.5 Å². The molecule has 2 heterocycles. The minimum Gasteiger partial charge on any atom is -0.445 e. The van der Waals surface area contributed by atoms with Gasteiger partial charge in [0.15, 0.2) is 0 Å². The van der Waals surface area contributed by atoms with Crippen molar-refractivity contribution < 1.29 is 9.53 Å². The number of carbonyl (C=O) groups is 1. The average molecular weight is 299 g/mol. The van der Waals surface area contributed by atoms with Gasteiger partial charge < -0.3 is 14.6 Å².